The summed E-state index contributed by atoms with van der Waals surface area (Å²) in [6, 6.07) is 0.589. The molecule has 2 aliphatic rings. The van der Waals surface area contributed by atoms with Crippen LogP contribution in [0.2, 0.25) is 0 Å². The molecule has 0 aromatic carbocycles. The number of amides is 1. The van der Waals surface area contributed by atoms with E-state index in [2.05, 4.69) is 9.80 Å². The van der Waals surface area contributed by atoms with Gasteiger partial charge in [-0.2, -0.15) is 0 Å². The second-order valence-corrected chi connectivity index (χ2v) is 7.98. The van der Waals surface area contributed by atoms with Gasteiger partial charge >= 0.3 is 6.09 Å². The summed E-state index contributed by atoms with van der Waals surface area (Å²) < 4.78 is 5.45. The van der Waals surface area contributed by atoms with Crippen molar-refractivity contribution in [2.45, 2.75) is 57.7 Å². The maximum absolute atomic E-state index is 12.1. The number of halogens is 1. The van der Waals surface area contributed by atoms with Crippen LogP contribution < -0.4 is 0 Å². The first-order valence-electron chi connectivity index (χ1n) is 8.36. The first kappa shape index (κ1) is 17.8. The van der Waals surface area contributed by atoms with E-state index in [1.165, 1.54) is 0 Å². The highest BCUT2D eigenvalue weighted by atomic mass is 35.5. The molecule has 0 saturated carbocycles. The van der Waals surface area contributed by atoms with Gasteiger partial charge in [-0.05, 0) is 40.5 Å². The Morgan fingerprint density at radius 3 is 2.09 bits per heavy atom. The van der Waals surface area contributed by atoms with E-state index in [-0.39, 0.29) is 11.6 Å². The molecule has 6 heteroatoms. The van der Waals surface area contributed by atoms with E-state index in [4.69, 9.17) is 16.3 Å². The maximum atomic E-state index is 12.1. The Balaban J connectivity index is 1.75. The average Bonchev–Trinajstić information content (AvgIpc) is 2.46. The van der Waals surface area contributed by atoms with Crippen molar-refractivity contribution in [3.05, 3.63) is 0 Å². The van der Waals surface area contributed by atoms with E-state index in [1.54, 1.807) is 0 Å². The lowest BCUT2D eigenvalue weighted by atomic mass is 10.0. The molecule has 1 unspecified atom stereocenters. The fourth-order valence-electron chi connectivity index (χ4n) is 3.20. The van der Waals surface area contributed by atoms with Crippen LogP contribution in [0.4, 0.5) is 4.79 Å². The van der Waals surface area contributed by atoms with E-state index in [1.807, 2.05) is 32.6 Å². The lowest BCUT2D eigenvalue weighted by Gasteiger charge is -2.43. The summed E-state index contributed by atoms with van der Waals surface area (Å²) in [4.78, 5) is 18.8. The van der Waals surface area contributed by atoms with Crippen LogP contribution in [-0.4, -0.2) is 77.2 Å². The van der Waals surface area contributed by atoms with Crippen molar-refractivity contribution in [3.8, 4) is 0 Å². The molecule has 2 fully saturated rings. The van der Waals surface area contributed by atoms with Crippen molar-refractivity contribution in [3.63, 3.8) is 0 Å². The third-order valence-corrected chi connectivity index (χ3v) is 4.76. The summed E-state index contributed by atoms with van der Waals surface area (Å²) in [7, 11) is 0. The molecule has 0 aliphatic carbocycles. The third-order valence-electron chi connectivity index (χ3n) is 4.48. The minimum Gasteiger partial charge on any atom is -0.444 e. The number of hydrogen-bond acceptors (Lipinski definition) is 4. The molecule has 0 spiro atoms. The Kier molecular flexibility index (Phi) is 5.97. The smallest absolute Gasteiger partial charge is 0.410 e. The first-order chi connectivity index (χ1) is 10.3. The van der Waals surface area contributed by atoms with Crippen LogP contribution in [-0.2, 0) is 4.74 Å². The number of nitrogens with zero attached hydrogens (tertiary/aromatic N) is 3. The number of piperazine rings is 1. The van der Waals surface area contributed by atoms with Crippen LogP contribution in [0.15, 0.2) is 0 Å². The lowest BCUT2D eigenvalue weighted by Crippen LogP contribution is -2.54. The first-order valence-corrected chi connectivity index (χ1v) is 8.80. The zero-order chi connectivity index (χ0) is 16.3. The number of carbonyl (C=O) groups excluding carboxylic acids is 1. The highest BCUT2D eigenvalue weighted by molar-refractivity contribution is 6.20. The van der Waals surface area contributed by atoms with Crippen molar-refractivity contribution in [1.82, 2.24) is 14.7 Å². The summed E-state index contributed by atoms with van der Waals surface area (Å²) >= 11 is 6.15. The van der Waals surface area contributed by atoms with Gasteiger partial charge in [-0.3, -0.25) is 9.80 Å². The highest BCUT2D eigenvalue weighted by Gasteiger charge is 2.31. The summed E-state index contributed by atoms with van der Waals surface area (Å²) in [5.41, 5.74) is -0.293. The summed E-state index contributed by atoms with van der Waals surface area (Å²) in [6.45, 7) is 13.6. The molecule has 5 nitrogen and oxygen atoms in total. The van der Waals surface area contributed by atoms with E-state index in [0.717, 1.165) is 52.1 Å². The van der Waals surface area contributed by atoms with Crippen LogP contribution in [0, 0.1) is 0 Å². The number of ether oxygens (including phenoxy) is 1. The molecule has 2 heterocycles. The Hall–Kier alpha value is -0.520. The molecular weight excluding hydrogens is 302 g/mol. The Bertz CT molecular complexity index is 368. The molecule has 2 saturated heterocycles. The van der Waals surface area contributed by atoms with Crippen molar-refractivity contribution < 1.29 is 9.53 Å². The molecule has 2 aliphatic heterocycles. The molecule has 22 heavy (non-hydrogen) atoms. The fraction of sp³-hybridized carbons (Fsp3) is 0.938. The van der Waals surface area contributed by atoms with Crippen molar-refractivity contribution in [1.29, 1.82) is 0 Å². The van der Waals surface area contributed by atoms with Crippen LogP contribution >= 0.6 is 11.6 Å². The topological polar surface area (TPSA) is 36.0 Å². The van der Waals surface area contributed by atoms with Gasteiger partial charge in [0.05, 0.1) is 5.50 Å². The Morgan fingerprint density at radius 2 is 1.64 bits per heavy atom. The Morgan fingerprint density at radius 1 is 1.09 bits per heavy atom. The van der Waals surface area contributed by atoms with E-state index in [0.29, 0.717) is 6.04 Å². The zero-order valence-electron chi connectivity index (χ0n) is 14.3. The minimum absolute atomic E-state index is 0.121. The number of piperidine rings is 1. The van der Waals surface area contributed by atoms with Gasteiger partial charge in [0, 0.05) is 45.3 Å². The van der Waals surface area contributed by atoms with Crippen LogP contribution in [0.3, 0.4) is 0 Å². The van der Waals surface area contributed by atoms with Crippen molar-refractivity contribution >= 4 is 17.7 Å². The van der Waals surface area contributed by atoms with Crippen molar-refractivity contribution in [2.75, 3.05) is 39.3 Å². The quantitative estimate of drug-likeness (QED) is 0.575. The van der Waals surface area contributed by atoms with Crippen LogP contribution in [0.25, 0.3) is 0 Å². The Labute approximate surface area is 139 Å². The normalized spacial score (nSPS) is 24.3. The SMILES string of the molecule is CC(Cl)N1CCN(C2CCN(C(=O)OC(C)(C)C)CC2)CC1. The largest absolute Gasteiger partial charge is 0.444 e. The molecule has 0 N–H and O–H groups in total. The maximum Gasteiger partial charge on any atom is 0.410 e. The monoisotopic (exact) mass is 331 g/mol. The molecule has 1 atom stereocenters. The molecule has 1 amide bonds. The van der Waals surface area contributed by atoms with Crippen molar-refractivity contribution in [2.24, 2.45) is 0 Å². The molecule has 0 aromatic heterocycles. The molecule has 2 rings (SSSR count). The number of hydrogen-bond donors (Lipinski definition) is 0. The zero-order valence-corrected chi connectivity index (χ0v) is 15.1. The van der Waals surface area contributed by atoms with Crippen LogP contribution in [0.1, 0.15) is 40.5 Å². The van der Waals surface area contributed by atoms with Gasteiger partial charge in [-0.1, -0.05) is 0 Å². The second-order valence-electron chi connectivity index (χ2n) is 7.34. The van der Waals surface area contributed by atoms with Gasteiger partial charge in [-0.15, -0.1) is 11.6 Å². The number of carbonyl (C=O) groups is 1. The lowest BCUT2D eigenvalue weighted by molar-refractivity contribution is 0.00963. The third kappa shape index (κ3) is 5.00. The van der Waals surface area contributed by atoms with Gasteiger partial charge in [0.2, 0.25) is 0 Å². The van der Waals surface area contributed by atoms with E-state index < -0.39 is 5.60 Å². The van der Waals surface area contributed by atoms with Gasteiger partial charge in [0.1, 0.15) is 5.60 Å². The summed E-state index contributed by atoms with van der Waals surface area (Å²) in [6.07, 6.45) is 1.90. The molecular formula is C16H30ClN3O2. The number of rotatable bonds is 2. The van der Waals surface area contributed by atoms with E-state index in [9.17, 15) is 4.79 Å². The minimum atomic E-state index is -0.414. The number of alkyl halides is 1. The summed E-state index contributed by atoms with van der Waals surface area (Å²) in [5.74, 6) is 0. The van der Waals surface area contributed by atoms with Gasteiger partial charge in [-0.25, -0.2) is 4.79 Å². The average molecular weight is 332 g/mol. The van der Waals surface area contributed by atoms with Crippen LogP contribution in [0.5, 0.6) is 0 Å². The molecule has 0 aromatic rings. The van der Waals surface area contributed by atoms with Gasteiger partial charge < -0.3 is 9.64 Å². The highest BCUT2D eigenvalue weighted by Crippen LogP contribution is 2.21. The van der Waals surface area contributed by atoms with E-state index >= 15 is 0 Å². The second kappa shape index (κ2) is 7.37. The summed E-state index contributed by atoms with van der Waals surface area (Å²) in [5, 5.41) is 0. The van der Waals surface area contributed by atoms with Gasteiger partial charge in [0.25, 0.3) is 0 Å². The molecule has 128 valence electrons. The fourth-order valence-corrected chi connectivity index (χ4v) is 3.39. The number of likely N-dealkylation sites (tertiary alicyclic amines) is 1. The molecule has 0 radical (unpaired) electrons. The molecule has 0 bridgehead atoms. The predicted molar refractivity (Wildman–Crippen MR) is 89.3 cm³/mol. The standard InChI is InChI=1S/C16H30ClN3O2/c1-13(17)18-9-11-19(12-10-18)14-5-7-20(8-6-14)15(21)22-16(2,3)4/h13-14H,5-12H2,1-4H3. The van der Waals surface area contributed by atoms with Gasteiger partial charge in [0.15, 0.2) is 0 Å². The predicted octanol–water partition coefficient (Wildman–Crippen LogP) is 2.59.